The zero-order chi connectivity index (χ0) is 20.2. The highest BCUT2D eigenvalue weighted by Crippen LogP contribution is 2.41. The SMILES string of the molecule is Cc1ccc2c(c1C)N(CCCNCc1ccccc1)c1ccccc1C(=O)N2. The van der Waals surface area contributed by atoms with E-state index in [2.05, 4.69) is 59.7 Å². The molecule has 0 fully saturated rings. The number of nitrogens with one attached hydrogen (secondary N) is 2. The van der Waals surface area contributed by atoms with Crippen LogP contribution in [0.2, 0.25) is 0 Å². The fourth-order valence-corrected chi connectivity index (χ4v) is 3.88. The minimum absolute atomic E-state index is 0.0465. The second-order valence-corrected chi connectivity index (χ2v) is 7.54. The Morgan fingerprint density at radius 2 is 1.69 bits per heavy atom. The molecule has 29 heavy (non-hydrogen) atoms. The molecule has 2 N–H and O–H groups in total. The first kappa shape index (κ1) is 19.2. The summed E-state index contributed by atoms with van der Waals surface area (Å²) >= 11 is 0. The van der Waals surface area contributed by atoms with Gasteiger partial charge in [-0.15, -0.1) is 0 Å². The molecule has 1 aliphatic heterocycles. The number of amides is 1. The van der Waals surface area contributed by atoms with Gasteiger partial charge in [0.1, 0.15) is 0 Å². The van der Waals surface area contributed by atoms with Gasteiger partial charge in [-0.3, -0.25) is 4.79 Å². The fraction of sp³-hybridized carbons (Fsp3) is 0.240. The van der Waals surface area contributed by atoms with Crippen molar-refractivity contribution in [1.29, 1.82) is 0 Å². The van der Waals surface area contributed by atoms with Crippen molar-refractivity contribution < 1.29 is 4.79 Å². The van der Waals surface area contributed by atoms with Gasteiger partial charge in [-0.25, -0.2) is 0 Å². The molecule has 148 valence electrons. The molecule has 0 unspecified atom stereocenters. The van der Waals surface area contributed by atoms with Crippen molar-refractivity contribution in [2.45, 2.75) is 26.8 Å². The second kappa shape index (κ2) is 8.50. The number of hydrogen-bond acceptors (Lipinski definition) is 3. The van der Waals surface area contributed by atoms with Crippen molar-refractivity contribution in [1.82, 2.24) is 5.32 Å². The number of carbonyl (C=O) groups is 1. The highest BCUT2D eigenvalue weighted by molar-refractivity contribution is 6.12. The van der Waals surface area contributed by atoms with E-state index in [9.17, 15) is 4.79 Å². The third kappa shape index (κ3) is 4.03. The topological polar surface area (TPSA) is 44.4 Å². The quantitative estimate of drug-likeness (QED) is 0.574. The highest BCUT2D eigenvalue weighted by Gasteiger charge is 2.26. The van der Waals surface area contributed by atoms with Crippen LogP contribution in [0.4, 0.5) is 17.1 Å². The number of aryl methyl sites for hydroxylation is 1. The minimum Gasteiger partial charge on any atom is -0.339 e. The van der Waals surface area contributed by atoms with Crippen molar-refractivity contribution in [2.24, 2.45) is 0 Å². The lowest BCUT2D eigenvalue weighted by molar-refractivity contribution is 0.102. The summed E-state index contributed by atoms with van der Waals surface area (Å²) in [6, 6.07) is 22.4. The number of benzene rings is 3. The minimum atomic E-state index is -0.0465. The third-order valence-corrected chi connectivity index (χ3v) is 5.57. The van der Waals surface area contributed by atoms with Crippen molar-refractivity contribution in [3.8, 4) is 0 Å². The van der Waals surface area contributed by atoms with Gasteiger partial charge in [0.2, 0.25) is 0 Å². The Morgan fingerprint density at radius 3 is 2.52 bits per heavy atom. The molecular weight excluding hydrogens is 358 g/mol. The van der Waals surface area contributed by atoms with Gasteiger partial charge in [-0.1, -0.05) is 48.5 Å². The predicted octanol–water partition coefficient (Wildman–Crippen LogP) is 5.19. The van der Waals surface area contributed by atoms with E-state index in [1.807, 2.05) is 36.4 Å². The predicted molar refractivity (Wildman–Crippen MR) is 120 cm³/mol. The number of anilines is 3. The van der Waals surface area contributed by atoms with Crippen LogP contribution < -0.4 is 15.5 Å². The molecule has 3 aromatic rings. The largest absolute Gasteiger partial charge is 0.339 e. The summed E-state index contributed by atoms with van der Waals surface area (Å²) in [5.74, 6) is -0.0465. The molecule has 0 saturated carbocycles. The van der Waals surface area contributed by atoms with Crippen LogP contribution in [-0.4, -0.2) is 19.0 Å². The van der Waals surface area contributed by atoms with Crippen LogP contribution in [0.1, 0.15) is 33.5 Å². The van der Waals surface area contributed by atoms with Crippen LogP contribution in [0.15, 0.2) is 66.7 Å². The number of fused-ring (bicyclic) bond motifs is 2. The molecule has 0 aromatic heterocycles. The van der Waals surface area contributed by atoms with Crippen LogP contribution >= 0.6 is 0 Å². The van der Waals surface area contributed by atoms with E-state index in [4.69, 9.17) is 0 Å². The van der Waals surface area contributed by atoms with Crippen LogP contribution in [0.3, 0.4) is 0 Å². The Labute approximate surface area is 172 Å². The van der Waals surface area contributed by atoms with Crippen LogP contribution in [0.25, 0.3) is 0 Å². The Kier molecular flexibility index (Phi) is 5.63. The molecule has 0 bridgehead atoms. The van der Waals surface area contributed by atoms with Gasteiger partial charge >= 0.3 is 0 Å². The van der Waals surface area contributed by atoms with Gasteiger partial charge in [-0.2, -0.15) is 0 Å². The Hall–Kier alpha value is -3.11. The van der Waals surface area contributed by atoms with Gasteiger partial charge in [-0.05, 0) is 61.7 Å². The highest BCUT2D eigenvalue weighted by atomic mass is 16.1. The van der Waals surface area contributed by atoms with E-state index in [0.717, 1.165) is 48.7 Å². The fourth-order valence-electron chi connectivity index (χ4n) is 3.88. The summed E-state index contributed by atoms with van der Waals surface area (Å²) in [4.78, 5) is 15.1. The molecule has 1 aliphatic rings. The smallest absolute Gasteiger partial charge is 0.257 e. The molecule has 1 amide bonds. The van der Waals surface area contributed by atoms with Gasteiger partial charge in [0, 0.05) is 13.1 Å². The maximum Gasteiger partial charge on any atom is 0.257 e. The summed E-state index contributed by atoms with van der Waals surface area (Å²) in [5, 5.41) is 6.63. The summed E-state index contributed by atoms with van der Waals surface area (Å²) in [6.45, 7) is 6.87. The molecule has 4 heteroatoms. The van der Waals surface area contributed by atoms with E-state index in [0.29, 0.717) is 0 Å². The average molecular weight is 386 g/mol. The average Bonchev–Trinajstić information content (AvgIpc) is 2.86. The molecule has 0 radical (unpaired) electrons. The maximum absolute atomic E-state index is 12.8. The monoisotopic (exact) mass is 385 g/mol. The first-order valence-electron chi connectivity index (χ1n) is 10.2. The summed E-state index contributed by atoms with van der Waals surface area (Å²) < 4.78 is 0. The maximum atomic E-state index is 12.8. The van der Waals surface area contributed by atoms with Gasteiger partial charge in [0.15, 0.2) is 0 Å². The van der Waals surface area contributed by atoms with E-state index < -0.39 is 0 Å². The molecule has 0 saturated heterocycles. The zero-order valence-electron chi connectivity index (χ0n) is 17.0. The molecule has 0 aliphatic carbocycles. The number of para-hydroxylation sites is 1. The van der Waals surface area contributed by atoms with E-state index in [1.165, 1.54) is 16.7 Å². The zero-order valence-corrected chi connectivity index (χ0v) is 17.0. The number of rotatable bonds is 6. The molecule has 0 atom stereocenters. The van der Waals surface area contributed by atoms with Crippen molar-refractivity contribution in [3.05, 3.63) is 89.0 Å². The molecule has 4 nitrogen and oxygen atoms in total. The first-order valence-corrected chi connectivity index (χ1v) is 10.2. The Bertz CT molecular complexity index is 1010. The van der Waals surface area contributed by atoms with Crippen molar-refractivity contribution in [3.63, 3.8) is 0 Å². The lowest BCUT2D eigenvalue weighted by Gasteiger charge is -2.28. The third-order valence-electron chi connectivity index (χ3n) is 5.57. The van der Waals surface area contributed by atoms with Gasteiger partial charge < -0.3 is 15.5 Å². The number of nitrogens with zero attached hydrogens (tertiary/aromatic N) is 1. The lowest BCUT2D eigenvalue weighted by atomic mass is 10.0. The van der Waals surface area contributed by atoms with Gasteiger partial charge in [0.05, 0.1) is 22.6 Å². The van der Waals surface area contributed by atoms with E-state index >= 15 is 0 Å². The van der Waals surface area contributed by atoms with Crippen LogP contribution in [0, 0.1) is 13.8 Å². The number of carbonyl (C=O) groups excluding carboxylic acids is 1. The second-order valence-electron chi connectivity index (χ2n) is 7.54. The Morgan fingerprint density at radius 1 is 0.931 bits per heavy atom. The van der Waals surface area contributed by atoms with Gasteiger partial charge in [0.25, 0.3) is 5.91 Å². The molecule has 0 spiro atoms. The lowest BCUT2D eigenvalue weighted by Crippen LogP contribution is -2.24. The Balaban J connectivity index is 1.56. The summed E-state index contributed by atoms with van der Waals surface area (Å²) in [7, 11) is 0. The normalized spacial score (nSPS) is 12.8. The van der Waals surface area contributed by atoms with Crippen molar-refractivity contribution in [2.75, 3.05) is 23.3 Å². The van der Waals surface area contributed by atoms with E-state index in [1.54, 1.807) is 0 Å². The summed E-state index contributed by atoms with van der Waals surface area (Å²) in [6.07, 6.45) is 0.974. The van der Waals surface area contributed by atoms with Crippen LogP contribution in [0.5, 0.6) is 0 Å². The molecule has 4 rings (SSSR count). The van der Waals surface area contributed by atoms with Crippen molar-refractivity contribution >= 4 is 23.0 Å². The van der Waals surface area contributed by atoms with Crippen LogP contribution in [-0.2, 0) is 6.54 Å². The number of hydrogen-bond donors (Lipinski definition) is 2. The molecule has 1 heterocycles. The molecule has 3 aromatic carbocycles. The van der Waals surface area contributed by atoms with E-state index in [-0.39, 0.29) is 5.91 Å². The standard InChI is InChI=1S/C25H27N3O/c1-18-13-14-22-24(19(18)2)28(23-12-7-6-11-21(23)25(29)27-22)16-8-15-26-17-20-9-4-3-5-10-20/h3-7,9-14,26H,8,15-17H2,1-2H3,(H,27,29). The first-order chi connectivity index (χ1) is 14.1. The molecular formula is C25H27N3O. The summed E-state index contributed by atoms with van der Waals surface area (Å²) in [5.41, 5.74) is 7.40.